The van der Waals surface area contributed by atoms with Crippen LogP contribution in [0.5, 0.6) is 0 Å². The molecule has 0 N–H and O–H groups in total. The van der Waals surface area contributed by atoms with Crippen molar-refractivity contribution >= 4 is 17.7 Å². The third-order valence-corrected chi connectivity index (χ3v) is 3.34. The number of rotatable bonds is 5. The van der Waals surface area contributed by atoms with Gasteiger partial charge in [0.25, 0.3) is 5.91 Å². The number of carbonyl (C=O) groups excluding carboxylic acids is 1. The van der Waals surface area contributed by atoms with E-state index >= 15 is 0 Å². The summed E-state index contributed by atoms with van der Waals surface area (Å²) < 4.78 is 37.5. The highest BCUT2D eigenvalue weighted by Crippen LogP contribution is 2.21. The number of carbonyl (C=O) groups is 1. The van der Waals surface area contributed by atoms with E-state index in [1.165, 1.54) is 24.0 Å². The van der Waals surface area contributed by atoms with Gasteiger partial charge in [-0.3, -0.25) is 4.79 Å². The van der Waals surface area contributed by atoms with Crippen LogP contribution in [0.4, 0.5) is 13.2 Å². The standard InChI is InChI=1S/C13H17F3N2OS/c1-4-20-11-6-5-10(7-17-11)12(19)18(9(2)3)8-13(14,15)16/h5-7,9H,4,8H2,1-3H3. The zero-order valence-corrected chi connectivity index (χ0v) is 12.4. The quantitative estimate of drug-likeness (QED) is 0.779. The maximum Gasteiger partial charge on any atom is 0.406 e. The van der Waals surface area contributed by atoms with Crippen LogP contribution in [0.15, 0.2) is 23.4 Å². The molecule has 0 saturated heterocycles. The van der Waals surface area contributed by atoms with Crippen LogP contribution in [0.25, 0.3) is 0 Å². The fourth-order valence-corrected chi connectivity index (χ4v) is 2.18. The number of aromatic nitrogens is 1. The van der Waals surface area contributed by atoms with E-state index in [9.17, 15) is 18.0 Å². The Morgan fingerprint density at radius 2 is 2.05 bits per heavy atom. The number of alkyl halides is 3. The van der Waals surface area contributed by atoms with Gasteiger partial charge in [-0.25, -0.2) is 4.98 Å². The van der Waals surface area contributed by atoms with Crippen LogP contribution in [0.3, 0.4) is 0 Å². The van der Waals surface area contributed by atoms with Gasteiger partial charge in [-0.15, -0.1) is 11.8 Å². The van der Waals surface area contributed by atoms with E-state index in [2.05, 4.69) is 4.98 Å². The number of hydrogen-bond donors (Lipinski definition) is 0. The molecule has 0 atom stereocenters. The lowest BCUT2D eigenvalue weighted by Gasteiger charge is -2.27. The van der Waals surface area contributed by atoms with Crippen molar-refractivity contribution < 1.29 is 18.0 Å². The lowest BCUT2D eigenvalue weighted by atomic mass is 10.2. The maximum atomic E-state index is 12.5. The van der Waals surface area contributed by atoms with Gasteiger partial charge >= 0.3 is 6.18 Å². The Hall–Kier alpha value is -1.24. The first-order valence-electron chi connectivity index (χ1n) is 6.21. The minimum absolute atomic E-state index is 0.170. The fourth-order valence-electron chi connectivity index (χ4n) is 1.59. The number of hydrogen-bond acceptors (Lipinski definition) is 3. The van der Waals surface area contributed by atoms with E-state index in [-0.39, 0.29) is 5.56 Å². The summed E-state index contributed by atoms with van der Waals surface area (Å²) in [5.41, 5.74) is 0.170. The smallest absolute Gasteiger partial charge is 0.327 e. The predicted molar refractivity (Wildman–Crippen MR) is 72.9 cm³/mol. The first-order chi connectivity index (χ1) is 9.24. The molecule has 0 aliphatic rings. The molecule has 1 aromatic rings. The van der Waals surface area contributed by atoms with E-state index in [0.717, 1.165) is 15.7 Å². The Kier molecular flexibility index (Phi) is 5.86. The van der Waals surface area contributed by atoms with Crippen molar-refractivity contribution in [1.29, 1.82) is 0 Å². The minimum atomic E-state index is -4.41. The average Bonchev–Trinajstić information content (AvgIpc) is 2.35. The summed E-state index contributed by atoms with van der Waals surface area (Å²) in [7, 11) is 0. The van der Waals surface area contributed by atoms with E-state index < -0.39 is 24.7 Å². The third-order valence-electron chi connectivity index (χ3n) is 2.51. The second kappa shape index (κ2) is 6.97. The van der Waals surface area contributed by atoms with Crippen LogP contribution in [-0.2, 0) is 0 Å². The molecular formula is C13H17F3N2OS. The van der Waals surface area contributed by atoms with Crippen molar-refractivity contribution in [1.82, 2.24) is 9.88 Å². The summed E-state index contributed by atoms with van der Waals surface area (Å²) >= 11 is 1.50. The van der Waals surface area contributed by atoms with Gasteiger partial charge in [-0.05, 0) is 31.7 Å². The second-order valence-electron chi connectivity index (χ2n) is 4.46. The number of halogens is 3. The molecule has 0 bridgehead atoms. The van der Waals surface area contributed by atoms with Gasteiger partial charge in [-0.1, -0.05) is 6.92 Å². The van der Waals surface area contributed by atoms with Crippen molar-refractivity contribution in [2.75, 3.05) is 12.3 Å². The Bertz CT molecular complexity index is 446. The molecule has 0 aliphatic carbocycles. The van der Waals surface area contributed by atoms with Gasteiger partial charge < -0.3 is 4.90 Å². The molecule has 0 saturated carbocycles. The van der Waals surface area contributed by atoms with Crippen LogP contribution in [0.2, 0.25) is 0 Å². The lowest BCUT2D eigenvalue weighted by Crippen LogP contribution is -2.43. The molecule has 1 heterocycles. The first kappa shape index (κ1) is 16.8. The maximum absolute atomic E-state index is 12.5. The third kappa shape index (κ3) is 5.03. The average molecular weight is 306 g/mol. The highest BCUT2D eigenvalue weighted by molar-refractivity contribution is 7.99. The van der Waals surface area contributed by atoms with Gasteiger partial charge in [-0.2, -0.15) is 13.2 Å². The van der Waals surface area contributed by atoms with Crippen molar-refractivity contribution in [2.24, 2.45) is 0 Å². The van der Waals surface area contributed by atoms with E-state index in [1.54, 1.807) is 19.9 Å². The SMILES string of the molecule is CCSc1ccc(C(=O)N(CC(F)(F)F)C(C)C)cn1. The molecule has 0 spiro atoms. The number of thioether (sulfide) groups is 1. The number of nitrogens with zero attached hydrogens (tertiary/aromatic N) is 2. The van der Waals surface area contributed by atoms with Gasteiger partial charge in [0.05, 0.1) is 10.6 Å². The molecule has 1 amide bonds. The topological polar surface area (TPSA) is 33.2 Å². The molecule has 0 radical (unpaired) electrons. The summed E-state index contributed by atoms with van der Waals surface area (Å²) in [6.45, 7) is 3.82. The molecule has 3 nitrogen and oxygen atoms in total. The molecule has 0 unspecified atom stereocenters. The van der Waals surface area contributed by atoms with E-state index in [1.807, 2.05) is 6.92 Å². The molecule has 0 fully saturated rings. The highest BCUT2D eigenvalue weighted by Gasteiger charge is 2.34. The Labute approximate surface area is 120 Å². The van der Waals surface area contributed by atoms with Crippen LogP contribution < -0.4 is 0 Å². The predicted octanol–water partition coefficient (Wildman–Crippen LogP) is 3.61. The zero-order chi connectivity index (χ0) is 15.3. The summed E-state index contributed by atoms with van der Waals surface area (Å²) in [6, 6.07) is 2.63. The van der Waals surface area contributed by atoms with E-state index in [4.69, 9.17) is 0 Å². The zero-order valence-electron chi connectivity index (χ0n) is 11.6. The van der Waals surface area contributed by atoms with Crippen molar-refractivity contribution in [3.63, 3.8) is 0 Å². The molecule has 7 heteroatoms. The van der Waals surface area contributed by atoms with Gasteiger partial charge in [0, 0.05) is 12.2 Å². The molecule has 1 aromatic heterocycles. The molecule has 0 aliphatic heterocycles. The van der Waals surface area contributed by atoms with Crippen LogP contribution in [-0.4, -0.2) is 40.3 Å². The summed E-state index contributed by atoms with van der Waals surface area (Å²) in [4.78, 5) is 17.0. The highest BCUT2D eigenvalue weighted by atomic mass is 32.2. The summed E-state index contributed by atoms with van der Waals surface area (Å²) in [5.74, 6) is 0.185. The van der Waals surface area contributed by atoms with Gasteiger partial charge in [0.1, 0.15) is 6.54 Å². The molecule has 20 heavy (non-hydrogen) atoms. The van der Waals surface area contributed by atoms with Crippen molar-refractivity contribution in [3.8, 4) is 0 Å². The Morgan fingerprint density at radius 1 is 1.40 bits per heavy atom. The van der Waals surface area contributed by atoms with E-state index in [0.29, 0.717) is 0 Å². The molecule has 112 valence electrons. The number of amides is 1. The number of pyridine rings is 1. The largest absolute Gasteiger partial charge is 0.406 e. The van der Waals surface area contributed by atoms with Crippen LogP contribution in [0, 0.1) is 0 Å². The van der Waals surface area contributed by atoms with Crippen LogP contribution in [0.1, 0.15) is 31.1 Å². The molecule has 0 aromatic carbocycles. The lowest BCUT2D eigenvalue weighted by molar-refractivity contribution is -0.143. The monoisotopic (exact) mass is 306 g/mol. The van der Waals surface area contributed by atoms with Crippen molar-refractivity contribution in [2.45, 2.75) is 38.0 Å². The van der Waals surface area contributed by atoms with Gasteiger partial charge in [0.2, 0.25) is 0 Å². The fraction of sp³-hybridized carbons (Fsp3) is 0.538. The molecule has 1 rings (SSSR count). The van der Waals surface area contributed by atoms with Gasteiger partial charge in [0.15, 0.2) is 0 Å². The normalized spacial score (nSPS) is 11.8. The van der Waals surface area contributed by atoms with Crippen LogP contribution >= 0.6 is 11.8 Å². The Balaban J connectivity index is 2.89. The first-order valence-corrected chi connectivity index (χ1v) is 7.19. The Morgan fingerprint density at radius 3 is 2.45 bits per heavy atom. The summed E-state index contributed by atoms with van der Waals surface area (Å²) in [5, 5.41) is 0.746. The minimum Gasteiger partial charge on any atom is -0.327 e. The second-order valence-corrected chi connectivity index (χ2v) is 5.74. The van der Waals surface area contributed by atoms with Crippen molar-refractivity contribution in [3.05, 3.63) is 23.9 Å². The molecular weight excluding hydrogens is 289 g/mol. The summed E-state index contributed by atoms with van der Waals surface area (Å²) in [6.07, 6.45) is -3.09.